The third-order valence-electron chi connectivity index (χ3n) is 2.50. The van der Waals surface area contributed by atoms with Crippen molar-refractivity contribution in [3.05, 3.63) is 41.0 Å². The van der Waals surface area contributed by atoms with E-state index in [0.29, 0.717) is 5.95 Å². The van der Waals surface area contributed by atoms with Crippen LogP contribution in [0.15, 0.2) is 29.8 Å². The van der Waals surface area contributed by atoms with E-state index in [0.717, 1.165) is 0 Å². The van der Waals surface area contributed by atoms with Crippen molar-refractivity contribution >= 4 is 26.9 Å². The fourth-order valence-electron chi connectivity index (χ4n) is 1.58. The minimum atomic E-state index is -0.430. The Hall–Kier alpha value is -1.48. The lowest BCUT2D eigenvalue weighted by atomic mass is 9.98. The monoisotopic (exact) mass is 218 g/mol. The van der Waals surface area contributed by atoms with E-state index >= 15 is 0 Å². The average molecular weight is 218 g/mol. The van der Waals surface area contributed by atoms with Crippen LogP contribution in [-0.2, 0) is 9.47 Å². The molecule has 0 saturated carbocycles. The molecule has 0 spiro atoms. The number of benzene rings is 1. The van der Waals surface area contributed by atoms with Gasteiger partial charge in [0.25, 0.3) is 5.95 Å². The smallest absolute Gasteiger partial charge is 0.269 e. The summed E-state index contributed by atoms with van der Waals surface area (Å²) < 4.78 is 10.1. The van der Waals surface area contributed by atoms with Gasteiger partial charge in [0.2, 0.25) is 0 Å². The highest BCUT2D eigenvalue weighted by atomic mass is 28.2. The summed E-state index contributed by atoms with van der Waals surface area (Å²) in [6.07, 6.45) is 4.27. The van der Waals surface area contributed by atoms with E-state index in [2.05, 4.69) is 36.1 Å². The molecule has 15 heavy (non-hydrogen) atoms. The Kier molecular flexibility index (Phi) is 2.92. The number of hydrogen-bond acceptors (Lipinski definition) is 2. The number of rotatable bonds is 4. The van der Waals surface area contributed by atoms with E-state index in [-0.39, 0.29) is 0 Å². The third kappa shape index (κ3) is 2.13. The van der Waals surface area contributed by atoms with E-state index in [4.69, 9.17) is 9.47 Å². The van der Waals surface area contributed by atoms with Gasteiger partial charge < -0.3 is 9.47 Å². The van der Waals surface area contributed by atoms with Gasteiger partial charge in [0.1, 0.15) is 0 Å². The van der Waals surface area contributed by atoms with Crippen molar-refractivity contribution in [1.29, 1.82) is 0 Å². The Morgan fingerprint density at radius 1 is 1.13 bits per heavy atom. The second-order valence-corrected chi connectivity index (χ2v) is 5.07. The first kappa shape index (κ1) is 10.0. The molecule has 1 aliphatic carbocycles. The Labute approximate surface area is 92.0 Å². The molecule has 0 saturated heterocycles. The van der Waals surface area contributed by atoms with Crippen LogP contribution in [0.3, 0.4) is 0 Å². The van der Waals surface area contributed by atoms with Crippen molar-refractivity contribution in [2.45, 2.75) is 0 Å². The van der Waals surface area contributed by atoms with Crippen molar-refractivity contribution in [3.63, 3.8) is 0 Å². The van der Waals surface area contributed by atoms with Crippen LogP contribution in [0.2, 0.25) is 0 Å². The minimum Gasteiger partial charge on any atom is -0.469 e. The van der Waals surface area contributed by atoms with Crippen LogP contribution < -0.4 is 5.19 Å². The first-order valence-corrected chi connectivity index (χ1v) is 6.45. The summed E-state index contributed by atoms with van der Waals surface area (Å²) in [4.78, 5) is 0. The van der Waals surface area contributed by atoms with Gasteiger partial charge in [-0.05, 0) is 16.8 Å². The van der Waals surface area contributed by atoms with Crippen molar-refractivity contribution in [2.75, 3.05) is 14.2 Å². The summed E-state index contributed by atoms with van der Waals surface area (Å²) >= 11 is 0. The van der Waals surface area contributed by atoms with Crippen molar-refractivity contribution in [1.82, 2.24) is 0 Å². The molecule has 0 bridgehead atoms. The first-order valence-electron chi connectivity index (χ1n) is 4.92. The van der Waals surface area contributed by atoms with Gasteiger partial charge in [-0.2, -0.15) is 0 Å². The first-order chi connectivity index (χ1) is 7.33. The van der Waals surface area contributed by atoms with Gasteiger partial charge in [0.05, 0.1) is 23.7 Å². The Balaban J connectivity index is 2.06. The quantitative estimate of drug-likeness (QED) is 0.564. The minimum absolute atomic E-state index is 0.430. The van der Waals surface area contributed by atoms with E-state index in [9.17, 15) is 0 Å². The summed E-state index contributed by atoms with van der Waals surface area (Å²) in [7, 11) is 2.83. The molecule has 0 fully saturated rings. The van der Waals surface area contributed by atoms with Gasteiger partial charge in [0, 0.05) is 0 Å². The molecule has 0 aliphatic heterocycles. The maximum Gasteiger partial charge on any atom is 0.269 e. The van der Waals surface area contributed by atoms with Crippen LogP contribution in [0.25, 0.3) is 12.2 Å². The summed E-state index contributed by atoms with van der Waals surface area (Å²) in [6, 6.07) is 6.61. The lowest BCUT2D eigenvalue weighted by Gasteiger charge is -2.11. The molecule has 1 aromatic rings. The fourth-order valence-corrected chi connectivity index (χ4v) is 2.91. The molecular formula is C12H14O2Si. The number of hydrogen-bond donors (Lipinski definition) is 0. The normalized spacial score (nSPS) is 12.1. The highest BCUT2D eigenvalue weighted by molar-refractivity contribution is 6.58. The van der Waals surface area contributed by atoms with Gasteiger partial charge in [0.15, 0.2) is 0 Å². The van der Waals surface area contributed by atoms with Crippen molar-refractivity contribution in [2.24, 2.45) is 0 Å². The summed E-state index contributed by atoms with van der Waals surface area (Å²) in [5.41, 5.74) is 4.77. The molecule has 1 aromatic carbocycles. The zero-order valence-corrected chi connectivity index (χ0v) is 10.4. The van der Waals surface area contributed by atoms with Gasteiger partial charge in [-0.15, -0.1) is 0 Å². The highest BCUT2D eigenvalue weighted by Gasteiger charge is 2.05. The molecule has 0 aromatic heterocycles. The third-order valence-corrected chi connectivity index (χ3v) is 3.95. The van der Waals surface area contributed by atoms with E-state index < -0.39 is 9.52 Å². The van der Waals surface area contributed by atoms with Gasteiger partial charge >= 0.3 is 0 Å². The fraction of sp³-hybridized carbons (Fsp3) is 0.167. The molecule has 2 nitrogen and oxygen atoms in total. The second kappa shape index (κ2) is 4.36. The predicted molar refractivity (Wildman–Crippen MR) is 65.6 cm³/mol. The molecule has 2 rings (SSSR count). The Morgan fingerprint density at radius 3 is 2.40 bits per heavy atom. The molecule has 0 atom stereocenters. The molecule has 78 valence electrons. The number of methoxy groups -OCH3 is 2. The van der Waals surface area contributed by atoms with Crippen LogP contribution in [0.5, 0.6) is 0 Å². The molecule has 0 amide bonds. The Morgan fingerprint density at radius 2 is 1.87 bits per heavy atom. The topological polar surface area (TPSA) is 18.5 Å². The zero-order chi connectivity index (χ0) is 10.7. The second-order valence-electron chi connectivity index (χ2n) is 3.43. The predicted octanol–water partition coefficient (Wildman–Crippen LogP) is 1.06. The standard InChI is InChI=1S/C12H14O2Si/c1-13-12(14-2)8-15-11-6-5-9-3-4-10(9)7-11/h3-8H,15H2,1-2H3. The maximum absolute atomic E-state index is 5.05. The van der Waals surface area contributed by atoms with Crippen LogP contribution >= 0.6 is 0 Å². The lowest BCUT2D eigenvalue weighted by molar-refractivity contribution is 0.0964. The van der Waals surface area contributed by atoms with Crippen LogP contribution in [0.1, 0.15) is 11.1 Å². The van der Waals surface area contributed by atoms with Crippen molar-refractivity contribution < 1.29 is 9.47 Å². The largest absolute Gasteiger partial charge is 0.469 e. The van der Waals surface area contributed by atoms with E-state index in [1.54, 1.807) is 14.2 Å². The van der Waals surface area contributed by atoms with Crippen LogP contribution in [-0.4, -0.2) is 23.7 Å². The maximum atomic E-state index is 5.05. The SMILES string of the molecule is COC(=C[SiH2]c1ccc2c(c1)C=C2)OC. The molecule has 0 N–H and O–H groups in total. The zero-order valence-electron chi connectivity index (χ0n) is 8.99. The molecule has 0 radical (unpaired) electrons. The average Bonchev–Trinajstić information content (AvgIpc) is 2.23. The molecule has 1 aliphatic rings. The summed E-state index contributed by atoms with van der Waals surface area (Å²) in [6.45, 7) is 0. The lowest BCUT2D eigenvalue weighted by Crippen LogP contribution is -2.14. The molecule has 0 heterocycles. The van der Waals surface area contributed by atoms with Gasteiger partial charge in [-0.1, -0.05) is 35.5 Å². The molecule has 3 heteroatoms. The van der Waals surface area contributed by atoms with E-state index in [1.807, 2.05) is 0 Å². The van der Waals surface area contributed by atoms with Gasteiger partial charge in [-0.25, -0.2) is 0 Å². The van der Waals surface area contributed by atoms with E-state index in [1.165, 1.54) is 16.3 Å². The highest BCUT2D eigenvalue weighted by Crippen LogP contribution is 2.21. The number of ether oxygens (including phenoxy) is 2. The molecule has 0 unspecified atom stereocenters. The van der Waals surface area contributed by atoms with Crippen LogP contribution in [0, 0.1) is 0 Å². The molecular weight excluding hydrogens is 204 g/mol. The number of fused-ring (bicyclic) bond motifs is 1. The van der Waals surface area contributed by atoms with Gasteiger partial charge in [-0.3, -0.25) is 0 Å². The van der Waals surface area contributed by atoms with Crippen LogP contribution in [0.4, 0.5) is 0 Å². The summed E-state index contributed by atoms with van der Waals surface area (Å²) in [5, 5.41) is 1.41. The summed E-state index contributed by atoms with van der Waals surface area (Å²) in [5.74, 6) is 0.625. The Bertz CT molecular complexity index is 416. The van der Waals surface area contributed by atoms with Crippen molar-refractivity contribution in [3.8, 4) is 0 Å².